The lowest BCUT2D eigenvalue weighted by atomic mass is 10.1. The van der Waals surface area contributed by atoms with Gasteiger partial charge in [0.2, 0.25) is 10.0 Å². The number of hydrogen-bond acceptors (Lipinski definition) is 3. The number of rotatable bonds is 4. The summed E-state index contributed by atoms with van der Waals surface area (Å²) in [5.74, 6) is -0.291. The van der Waals surface area contributed by atoms with Crippen LogP contribution in [0.2, 0.25) is 0 Å². The Kier molecular flexibility index (Phi) is 4.03. The SMILES string of the molecule is Cc1ccc(S(=O)(=O)NCc2ccc(F)c(C)c2)s1. The fraction of sp³-hybridized carbons (Fsp3) is 0.231. The predicted octanol–water partition coefficient (Wildman–Crippen LogP) is 2.98. The van der Waals surface area contributed by atoms with Crippen LogP contribution >= 0.6 is 11.3 Å². The second kappa shape index (κ2) is 5.40. The molecule has 102 valence electrons. The molecule has 1 aromatic heterocycles. The molecule has 6 heteroatoms. The Labute approximate surface area is 116 Å². The first-order chi connectivity index (χ1) is 8.88. The van der Waals surface area contributed by atoms with Crippen LogP contribution in [0.4, 0.5) is 4.39 Å². The van der Waals surface area contributed by atoms with Crippen LogP contribution in [0.15, 0.2) is 34.5 Å². The third kappa shape index (κ3) is 3.40. The van der Waals surface area contributed by atoms with Crippen LogP contribution in [0.25, 0.3) is 0 Å². The smallest absolute Gasteiger partial charge is 0.207 e. The zero-order valence-electron chi connectivity index (χ0n) is 10.6. The van der Waals surface area contributed by atoms with Gasteiger partial charge in [0.25, 0.3) is 0 Å². The van der Waals surface area contributed by atoms with Gasteiger partial charge in [-0.25, -0.2) is 17.5 Å². The van der Waals surface area contributed by atoms with E-state index in [1.807, 2.05) is 6.92 Å². The molecule has 0 bridgehead atoms. The topological polar surface area (TPSA) is 46.2 Å². The van der Waals surface area contributed by atoms with Crippen molar-refractivity contribution in [3.63, 3.8) is 0 Å². The third-order valence-electron chi connectivity index (χ3n) is 2.67. The molecule has 0 saturated carbocycles. The largest absolute Gasteiger partial charge is 0.250 e. The van der Waals surface area contributed by atoms with E-state index in [0.29, 0.717) is 9.77 Å². The molecule has 0 aliphatic heterocycles. The lowest BCUT2D eigenvalue weighted by Crippen LogP contribution is -2.22. The molecule has 2 rings (SSSR count). The summed E-state index contributed by atoms with van der Waals surface area (Å²) in [5.41, 5.74) is 1.24. The van der Waals surface area contributed by atoms with Gasteiger partial charge in [0.05, 0.1) is 0 Å². The second-order valence-corrected chi connectivity index (χ2v) is 7.55. The van der Waals surface area contributed by atoms with Crippen molar-refractivity contribution in [3.05, 3.63) is 52.2 Å². The molecule has 0 unspecified atom stereocenters. The van der Waals surface area contributed by atoms with E-state index in [0.717, 1.165) is 10.4 Å². The summed E-state index contributed by atoms with van der Waals surface area (Å²) < 4.78 is 39.9. The minimum atomic E-state index is -3.49. The van der Waals surface area contributed by atoms with Gasteiger partial charge in [-0.1, -0.05) is 12.1 Å². The predicted molar refractivity (Wildman–Crippen MR) is 74.2 cm³/mol. The molecule has 0 spiro atoms. The maximum atomic E-state index is 13.1. The van der Waals surface area contributed by atoms with Crippen LogP contribution in [-0.2, 0) is 16.6 Å². The fourth-order valence-electron chi connectivity index (χ4n) is 1.62. The molecule has 0 atom stereocenters. The first-order valence-corrected chi connectivity index (χ1v) is 7.99. The average Bonchev–Trinajstić information content (AvgIpc) is 2.78. The van der Waals surface area contributed by atoms with E-state index < -0.39 is 10.0 Å². The Balaban J connectivity index is 2.11. The van der Waals surface area contributed by atoms with Crippen LogP contribution in [-0.4, -0.2) is 8.42 Å². The molecule has 19 heavy (non-hydrogen) atoms. The quantitative estimate of drug-likeness (QED) is 0.943. The summed E-state index contributed by atoms with van der Waals surface area (Å²) in [6, 6.07) is 7.90. The van der Waals surface area contributed by atoms with E-state index in [-0.39, 0.29) is 12.4 Å². The summed E-state index contributed by atoms with van der Waals surface area (Å²) in [6.07, 6.45) is 0. The monoisotopic (exact) mass is 299 g/mol. The minimum absolute atomic E-state index is 0.153. The van der Waals surface area contributed by atoms with Gasteiger partial charge in [-0.2, -0.15) is 0 Å². The summed E-state index contributed by atoms with van der Waals surface area (Å²) >= 11 is 1.22. The Morgan fingerprint density at radius 2 is 1.95 bits per heavy atom. The molecule has 0 fully saturated rings. The summed E-state index contributed by atoms with van der Waals surface area (Å²) in [6.45, 7) is 3.66. The van der Waals surface area contributed by atoms with Gasteiger partial charge < -0.3 is 0 Å². The molecular formula is C13H14FNO2S2. The van der Waals surface area contributed by atoms with Crippen molar-refractivity contribution in [3.8, 4) is 0 Å². The average molecular weight is 299 g/mol. The minimum Gasteiger partial charge on any atom is -0.207 e. The van der Waals surface area contributed by atoms with Gasteiger partial charge in [-0.3, -0.25) is 0 Å². The zero-order chi connectivity index (χ0) is 14.0. The van der Waals surface area contributed by atoms with Crippen molar-refractivity contribution in [2.75, 3.05) is 0 Å². The number of nitrogens with one attached hydrogen (secondary N) is 1. The van der Waals surface area contributed by atoms with E-state index in [1.165, 1.54) is 17.4 Å². The summed E-state index contributed by atoms with van der Waals surface area (Å²) in [7, 11) is -3.49. The van der Waals surface area contributed by atoms with E-state index >= 15 is 0 Å². The highest BCUT2D eigenvalue weighted by atomic mass is 32.2. The maximum absolute atomic E-state index is 13.1. The molecule has 1 aromatic carbocycles. The first kappa shape index (κ1) is 14.2. The number of benzene rings is 1. The molecule has 2 aromatic rings. The zero-order valence-corrected chi connectivity index (χ0v) is 12.2. The number of halogens is 1. The molecule has 0 radical (unpaired) electrons. The number of aryl methyl sites for hydroxylation is 2. The lowest BCUT2D eigenvalue weighted by molar-refractivity contribution is 0.583. The van der Waals surface area contributed by atoms with Gasteiger partial charge in [0.1, 0.15) is 10.0 Å². The number of hydrogen-bond donors (Lipinski definition) is 1. The normalized spacial score (nSPS) is 11.7. The highest BCUT2D eigenvalue weighted by Crippen LogP contribution is 2.20. The molecule has 0 saturated heterocycles. The Morgan fingerprint density at radius 1 is 1.21 bits per heavy atom. The van der Waals surface area contributed by atoms with Crippen LogP contribution in [0.1, 0.15) is 16.0 Å². The molecule has 0 aliphatic carbocycles. The third-order valence-corrected chi connectivity index (χ3v) is 5.56. The Hall–Kier alpha value is -1.24. The molecule has 1 heterocycles. The molecule has 3 nitrogen and oxygen atoms in total. The van der Waals surface area contributed by atoms with Crippen molar-refractivity contribution in [1.82, 2.24) is 4.72 Å². The number of thiophene rings is 1. The fourth-order valence-corrected chi connectivity index (χ4v) is 3.97. The second-order valence-electron chi connectivity index (χ2n) is 4.27. The van der Waals surface area contributed by atoms with Crippen molar-refractivity contribution in [1.29, 1.82) is 0 Å². The molecule has 0 aliphatic rings. The van der Waals surface area contributed by atoms with E-state index in [2.05, 4.69) is 4.72 Å². The van der Waals surface area contributed by atoms with Gasteiger partial charge in [0, 0.05) is 11.4 Å². The van der Waals surface area contributed by atoms with Crippen molar-refractivity contribution in [2.45, 2.75) is 24.6 Å². The standard InChI is InChI=1S/C13H14FNO2S2/c1-9-7-11(4-5-12(9)14)8-15-19(16,17)13-6-3-10(2)18-13/h3-7,15H,8H2,1-2H3. The summed E-state index contributed by atoms with van der Waals surface area (Å²) in [4.78, 5) is 0.943. The molecule has 0 amide bonds. The number of sulfonamides is 1. The van der Waals surface area contributed by atoms with Gasteiger partial charge in [0.15, 0.2) is 0 Å². The van der Waals surface area contributed by atoms with Crippen molar-refractivity contribution in [2.24, 2.45) is 0 Å². The van der Waals surface area contributed by atoms with Gasteiger partial charge in [-0.15, -0.1) is 11.3 Å². The van der Waals surface area contributed by atoms with E-state index in [1.54, 1.807) is 31.2 Å². The Bertz CT molecular complexity index is 692. The van der Waals surface area contributed by atoms with Gasteiger partial charge >= 0.3 is 0 Å². The van der Waals surface area contributed by atoms with Crippen molar-refractivity contribution < 1.29 is 12.8 Å². The summed E-state index contributed by atoms with van der Waals surface area (Å²) in [5, 5.41) is 0. The van der Waals surface area contributed by atoms with Gasteiger partial charge in [-0.05, 0) is 43.2 Å². The highest BCUT2D eigenvalue weighted by molar-refractivity contribution is 7.91. The van der Waals surface area contributed by atoms with Crippen molar-refractivity contribution >= 4 is 21.4 Å². The lowest BCUT2D eigenvalue weighted by Gasteiger charge is -2.06. The van der Waals surface area contributed by atoms with E-state index in [4.69, 9.17) is 0 Å². The molecular weight excluding hydrogens is 285 g/mol. The van der Waals surface area contributed by atoms with Crippen LogP contribution < -0.4 is 4.72 Å². The maximum Gasteiger partial charge on any atom is 0.250 e. The molecule has 1 N–H and O–H groups in total. The van der Waals surface area contributed by atoms with Crippen LogP contribution in [0, 0.1) is 19.7 Å². The Morgan fingerprint density at radius 3 is 2.53 bits per heavy atom. The van der Waals surface area contributed by atoms with Crippen LogP contribution in [0.5, 0.6) is 0 Å². The van der Waals surface area contributed by atoms with E-state index in [9.17, 15) is 12.8 Å². The highest BCUT2D eigenvalue weighted by Gasteiger charge is 2.15. The first-order valence-electron chi connectivity index (χ1n) is 5.69. The van der Waals surface area contributed by atoms with Crippen LogP contribution in [0.3, 0.4) is 0 Å².